The van der Waals surface area contributed by atoms with Crippen LogP contribution in [-0.4, -0.2) is 22.4 Å². The first-order valence-electron chi connectivity index (χ1n) is 15.8. The molecule has 3 aromatic carbocycles. The van der Waals surface area contributed by atoms with Gasteiger partial charge in [0.2, 0.25) is 0 Å². The third-order valence-corrected chi connectivity index (χ3v) is 13.6. The molecule has 3 fully saturated rings. The molecule has 3 aliphatic rings. The number of aliphatic imine (C=N–C) groups is 1. The van der Waals surface area contributed by atoms with Gasteiger partial charge in [-0.05, 0) is 67.5 Å². The SMILES string of the molecule is CC(C)(c1ccccc1)c1cccc(C2(C3CCCCC3)CCP(C3CCCCC3)C2=Nc2ccccc2)c1O. The van der Waals surface area contributed by atoms with E-state index in [1.165, 1.54) is 81.4 Å². The van der Waals surface area contributed by atoms with Gasteiger partial charge in [-0.3, -0.25) is 4.99 Å². The number of phenolic OH excluding ortho intramolecular Hbond substituents is 1. The van der Waals surface area contributed by atoms with E-state index in [9.17, 15) is 5.11 Å². The molecular formula is C37H46NOP. The molecule has 2 saturated carbocycles. The Morgan fingerprint density at radius 2 is 1.38 bits per heavy atom. The van der Waals surface area contributed by atoms with Crippen LogP contribution in [0.5, 0.6) is 5.75 Å². The molecular weight excluding hydrogens is 505 g/mol. The van der Waals surface area contributed by atoms with Gasteiger partial charge in [0, 0.05) is 22.0 Å². The normalized spacial score (nSPS) is 25.9. The van der Waals surface area contributed by atoms with Crippen molar-refractivity contribution >= 4 is 19.1 Å². The summed E-state index contributed by atoms with van der Waals surface area (Å²) in [5.41, 5.74) is 6.30. The smallest absolute Gasteiger partial charge is 0.123 e. The van der Waals surface area contributed by atoms with Crippen molar-refractivity contribution in [2.24, 2.45) is 10.9 Å². The van der Waals surface area contributed by atoms with Crippen LogP contribution in [0.4, 0.5) is 5.69 Å². The molecule has 3 aromatic rings. The van der Waals surface area contributed by atoms with Crippen LogP contribution in [0.1, 0.15) is 101 Å². The lowest BCUT2D eigenvalue weighted by Crippen LogP contribution is -2.41. The average molecular weight is 552 g/mol. The van der Waals surface area contributed by atoms with Crippen molar-refractivity contribution in [3.8, 4) is 5.75 Å². The highest BCUT2D eigenvalue weighted by atomic mass is 31.1. The Morgan fingerprint density at radius 1 is 0.750 bits per heavy atom. The standard InChI is InChI=1S/C37H46NOP/c1-36(2,28-16-7-3-8-17-28)32-24-15-25-33(34(32)39)37(29-18-9-4-10-19-29)26-27-40(31-22-13-6-14-23-31)35(37)38-30-20-11-5-12-21-30/h3,5,7-8,11-12,15-17,20-21,24-25,29,31,39H,4,6,9-10,13-14,18-19,22-23,26-27H2,1-2H3. The first kappa shape index (κ1) is 27.7. The summed E-state index contributed by atoms with van der Waals surface area (Å²) in [5, 5.41) is 12.4. The number of nitrogens with zero attached hydrogens (tertiary/aromatic N) is 1. The summed E-state index contributed by atoms with van der Waals surface area (Å²) in [6.07, 6.45) is 15.6. The predicted octanol–water partition coefficient (Wildman–Crippen LogP) is 10.5. The van der Waals surface area contributed by atoms with Crippen molar-refractivity contribution in [1.29, 1.82) is 0 Å². The third kappa shape index (κ3) is 5.07. The monoisotopic (exact) mass is 551 g/mol. The number of hydrogen-bond donors (Lipinski definition) is 1. The van der Waals surface area contributed by atoms with Crippen LogP contribution in [0, 0.1) is 5.92 Å². The van der Waals surface area contributed by atoms with Gasteiger partial charge in [0.25, 0.3) is 0 Å². The molecule has 0 bridgehead atoms. The van der Waals surface area contributed by atoms with Gasteiger partial charge in [-0.2, -0.15) is 0 Å². The summed E-state index contributed by atoms with van der Waals surface area (Å²) in [5.74, 6) is 1.06. The highest BCUT2D eigenvalue weighted by molar-refractivity contribution is 7.76. The summed E-state index contributed by atoms with van der Waals surface area (Å²) in [4.78, 5) is 5.65. The van der Waals surface area contributed by atoms with Crippen LogP contribution >= 0.6 is 7.92 Å². The molecule has 3 heteroatoms. The second kappa shape index (κ2) is 11.8. The Hall–Kier alpha value is -2.44. The third-order valence-electron chi connectivity index (χ3n) is 10.4. The van der Waals surface area contributed by atoms with Gasteiger partial charge in [0.1, 0.15) is 5.75 Å². The van der Waals surface area contributed by atoms with E-state index in [4.69, 9.17) is 4.99 Å². The minimum Gasteiger partial charge on any atom is -0.507 e. The molecule has 2 nitrogen and oxygen atoms in total. The van der Waals surface area contributed by atoms with Gasteiger partial charge in [0.05, 0.1) is 11.1 Å². The summed E-state index contributed by atoms with van der Waals surface area (Å²) in [7, 11) is -0.342. The molecule has 210 valence electrons. The van der Waals surface area contributed by atoms with E-state index < -0.39 is 0 Å². The molecule has 40 heavy (non-hydrogen) atoms. The topological polar surface area (TPSA) is 32.6 Å². The van der Waals surface area contributed by atoms with E-state index in [1.54, 1.807) is 0 Å². The molecule has 1 saturated heterocycles. The lowest BCUT2D eigenvalue weighted by Gasteiger charge is -2.43. The fourth-order valence-corrected chi connectivity index (χ4v) is 11.9. The van der Waals surface area contributed by atoms with Crippen molar-refractivity contribution in [2.45, 2.75) is 101 Å². The molecule has 2 unspecified atom stereocenters. The number of rotatable bonds is 6. The average Bonchev–Trinajstić information content (AvgIpc) is 3.38. The number of phenols is 1. The van der Waals surface area contributed by atoms with Crippen molar-refractivity contribution in [3.05, 3.63) is 95.6 Å². The zero-order valence-corrected chi connectivity index (χ0v) is 25.4. The molecule has 2 aliphatic carbocycles. The Balaban J connectivity index is 1.54. The Morgan fingerprint density at radius 3 is 2.05 bits per heavy atom. The second-order valence-corrected chi connectivity index (χ2v) is 15.5. The Kier molecular flexibility index (Phi) is 8.18. The number of hydrogen-bond acceptors (Lipinski definition) is 2. The Labute approximate surface area is 243 Å². The highest BCUT2D eigenvalue weighted by Crippen LogP contribution is 2.66. The van der Waals surface area contributed by atoms with Crippen LogP contribution < -0.4 is 0 Å². The molecule has 1 heterocycles. The van der Waals surface area contributed by atoms with E-state index in [0.29, 0.717) is 11.7 Å². The van der Waals surface area contributed by atoms with Gasteiger partial charge >= 0.3 is 0 Å². The molecule has 0 radical (unpaired) electrons. The summed E-state index contributed by atoms with van der Waals surface area (Å²) >= 11 is 0. The molecule has 0 amide bonds. The molecule has 1 N–H and O–H groups in total. The second-order valence-electron chi connectivity index (χ2n) is 13.0. The van der Waals surface area contributed by atoms with Crippen LogP contribution in [0.3, 0.4) is 0 Å². The predicted molar refractivity (Wildman–Crippen MR) is 172 cm³/mol. The zero-order chi connectivity index (χ0) is 27.6. The molecule has 1 aliphatic heterocycles. The molecule has 0 spiro atoms. The van der Waals surface area contributed by atoms with Gasteiger partial charge in [0.15, 0.2) is 0 Å². The van der Waals surface area contributed by atoms with E-state index in [-0.39, 0.29) is 18.8 Å². The largest absolute Gasteiger partial charge is 0.507 e. The van der Waals surface area contributed by atoms with Crippen LogP contribution in [0.25, 0.3) is 0 Å². The van der Waals surface area contributed by atoms with E-state index in [1.807, 2.05) is 0 Å². The lowest BCUT2D eigenvalue weighted by atomic mass is 9.63. The summed E-state index contributed by atoms with van der Waals surface area (Å²) in [6.45, 7) is 4.52. The maximum Gasteiger partial charge on any atom is 0.123 e. The first-order valence-corrected chi connectivity index (χ1v) is 17.4. The fourth-order valence-electron chi connectivity index (χ4n) is 8.18. The molecule has 2 atom stereocenters. The molecule has 0 aromatic heterocycles. The van der Waals surface area contributed by atoms with Gasteiger partial charge in [-0.1, -0.05) is 127 Å². The van der Waals surface area contributed by atoms with Crippen molar-refractivity contribution in [2.75, 3.05) is 6.16 Å². The summed E-state index contributed by atoms with van der Waals surface area (Å²) in [6, 6.07) is 28.1. The fraction of sp³-hybridized carbons (Fsp3) is 0.486. The van der Waals surface area contributed by atoms with Gasteiger partial charge in [-0.25, -0.2) is 0 Å². The highest BCUT2D eigenvalue weighted by Gasteiger charge is 2.54. The summed E-state index contributed by atoms with van der Waals surface area (Å²) < 4.78 is 0. The maximum absolute atomic E-state index is 12.4. The number of benzene rings is 3. The first-order chi connectivity index (χ1) is 19.5. The lowest BCUT2D eigenvalue weighted by molar-refractivity contribution is 0.256. The zero-order valence-electron chi connectivity index (χ0n) is 24.5. The van der Waals surface area contributed by atoms with Crippen molar-refractivity contribution in [3.63, 3.8) is 0 Å². The van der Waals surface area contributed by atoms with Crippen molar-refractivity contribution < 1.29 is 5.11 Å². The van der Waals surface area contributed by atoms with Crippen LogP contribution in [0.2, 0.25) is 0 Å². The van der Waals surface area contributed by atoms with Crippen molar-refractivity contribution in [1.82, 2.24) is 0 Å². The van der Waals surface area contributed by atoms with Gasteiger partial charge in [-0.15, -0.1) is 0 Å². The van der Waals surface area contributed by atoms with E-state index in [0.717, 1.165) is 28.9 Å². The van der Waals surface area contributed by atoms with E-state index in [2.05, 4.69) is 92.7 Å². The van der Waals surface area contributed by atoms with Crippen LogP contribution in [0.15, 0.2) is 83.9 Å². The number of aromatic hydroxyl groups is 1. The quantitative estimate of drug-likeness (QED) is 0.304. The van der Waals surface area contributed by atoms with Crippen LogP contribution in [-0.2, 0) is 10.8 Å². The Bertz CT molecular complexity index is 1300. The maximum atomic E-state index is 12.4. The number of para-hydroxylation sites is 2. The minimum atomic E-state index is -0.342. The van der Waals surface area contributed by atoms with E-state index >= 15 is 0 Å². The van der Waals surface area contributed by atoms with Gasteiger partial charge < -0.3 is 5.11 Å². The minimum absolute atomic E-state index is 0.174. The molecule has 6 rings (SSSR count).